The Labute approximate surface area is 225 Å². The first kappa shape index (κ1) is 28.9. The molecule has 0 aromatic carbocycles. The summed E-state index contributed by atoms with van der Waals surface area (Å²) < 4.78 is 32.8. The van der Waals surface area contributed by atoms with Crippen LogP contribution in [0.15, 0.2) is 35.7 Å². The molecule has 3 aromatic heterocycles. The van der Waals surface area contributed by atoms with Crippen LogP contribution in [-0.4, -0.2) is 47.0 Å². The maximum atomic E-state index is 10.6. The summed E-state index contributed by atoms with van der Waals surface area (Å²) in [4.78, 5) is 16.1. The minimum atomic E-state index is -5.08. The summed E-state index contributed by atoms with van der Waals surface area (Å²) in [6, 6.07) is 6.44. The van der Waals surface area contributed by atoms with Crippen molar-refractivity contribution in [3.8, 4) is 11.8 Å². The quantitative estimate of drug-likeness (QED) is 0.164. The van der Waals surface area contributed by atoms with Gasteiger partial charge in [-0.1, -0.05) is 41.7 Å². The van der Waals surface area contributed by atoms with Crippen molar-refractivity contribution in [2.75, 3.05) is 19.0 Å². The molecule has 0 saturated carbocycles. The second kappa shape index (κ2) is 13.3. The average Bonchev–Trinajstić information content (AvgIpc) is 3.51. The number of rotatable bonds is 6. The van der Waals surface area contributed by atoms with E-state index >= 15 is 0 Å². The molecule has 1 aliphatic carbocycles. The minimum absolute atomic E-state index is 0.0531. The van der Waals surface area contributed by atoms with Gasteiger partial charge in [-0.15, -0.1) is 22.7 Å². The molecule has 0 radical (unpaired) electrons. The number of halogens is 4. The third-order valence-corrected chi connectivity index (χ3v) is 7.92. The lowest BCUT2D eigenvalue weighted by molar-refractivity contribution is -0.192. The lowest BCUT2D eigenvalue weighted by Crippen LogP contribution is -2.33. The van der Waals surface area contributed by atoms with Crippen molar-refractivity contribution < 1.29 is 28.2 Å². The van der Waals surface area contributed by atoms with Gasteiger partial charge in [0, 0.05) is 40.7 Å². The van der Waals surface area contributed by atoms with E-state index in [-0.39, 0.29) is 6.61 Å². The van der Waals surface area contributed by atoms with E-state index in [0.717, 1.165) is 40.9 Å². The molecule has 6 nitrogen and oxygen atoms in total. The van der Waals surface area contributed by atoms with E-state index in [1.165, 1.54) is 9.75 Å². The van der Waals surface area contributed by atoms with Crippen LogP contribution in [-0.2, 0) is 11.3 Å². The molecule has 0 bridgehead atoms. The van der Waals surface area contributed by atoms with E-state index in [0.29, 0.717) is 23.5 Å². The molecule has 1 aliphatic rings. The number of allylic oxidation sites excluding steroid dienone is 1. The monoisotopic (exact) mass is 571 g/mol. The molecule has 0 aliphatic heterocycles. The Balaban J connectivity index is 0.000000479. The summed E-state index contributed by atoms with van der Waals surface area (Å²) in [7, 11) is 2.02. The SMILES string of the molecule is CN[C@H]1CC=CC[C@@H]1c1sc2c(NCc3cccs3)cc(Cl)nc2c1C#CCCO.O=C(O)C(F)(F)F. The van der Waals surface area contributed by atoms with Crippen LogP contribution >= 0.6 is 34.3 Å². The summed E-state index contributed by atoms with van der Waals surface area (Å²) in [5.41, 5.74) is 2.80. The summed E-state index contributed by atoms with van der Waals surface area (Å²) in [6.07, 6.45) is 1.82. The zero-order valence-corrected chi connectivity index (χ0v) is 22.1. The fourth-order valence-electron chi connectivity index (χ4n) is 3.79. The zero-order valence-electron chi connectivity index (χ0n) is 19.7. The number of hydrogen-bond donors (Lipinski definition) is 4. The highest BCUT2D eigenvalue weighted by Crippen LogP contribution is 2.43. The lowest BCUT2D eigenvalue weighted by atomic mass is 9.86. The molecule has 4 rings (SSSR count). The van der Waals surface area contributed by atoms with E-state index < -0.39 is 12.1 Å². The number of nitrogens with zero attached hydrogens (tertiary/aromatic N) is 1. The van der Waals surface area contributed by atoms with Gasteiger partial charge in [0.15, 0.2) is 0 Å². The van der Waals surface area contributed by atoms with Crippen LogP contribution in [0, 0.1) is 11.8 Å². The van der Waals surface area contributed by atoms with Gasteiger partial charge in [-0.2, -0.15) is 13.2 Å². The maximum Gasteiger partial charge on any atom is 0.490 e. The van der Waals surface area contributed by atoms with Crippen LogP contribution in [0.2, 0.25) is 5.15 Å². The molecule has 0 amide bonds. The third kappa shape index (κ3) is 7.69. The van der Waals surface area contributed by atoms with Crippen molar-refractivity contribution in [3.63, 3.8) is 0 Å². The van der Waals surface area contributed by atoms with Gasteiger partial charge in [0.25, 0.3) is 0 Å². The first-order valence-corrected chi connectivity index (χ1v) is 13.3. The Morgan fingerprint density at radius 3 is 2.68 bits per heavy atom. The Morgan fingerprint density at radius 1 is 1.32 bits per heavy atom. The molecule has 12 heteroatoms. The summed E-state index contributed by atoms with van der Waals surface area (Å²) in [5, 5.41) is 25.9. The van der Waals surface area contributed by atoms with Crippen molar-refractivity contribution in [2.45, 2.75) is 43.9 Å². The number of aliphatic carboxylic acids is 1. The molecule has 37 heavy (non-hydrogen) atoms. The van der Waals surface area contributed by atoms with Gasteiger partial charge in [0.2, 0.25) is 0 Å². The highest BCUT2D eigenvalue weighted by molar-refractivity contribution is 7.20. The Morgan fingerprint density at radius 2 is 2.05 bits per heavy atom. The minimum Gasteiger partial charge on any atom is -0.475 e. The number of hydrogen-bond acceptors (Lipinski definition) is 7. The predicted molar refractivity (Wildman–Crippen MR) is 143 cm³/mol. The number of carbonyl (C=O) groups is 1. The number of alkyl halides is 3. The average molecular weight is 572 g/mol. The predicted octanol–water partition coefficient (Wildman–Crippen LogP) is 6.01. The number of aromatic nitrogens is 1. The zero-order chi connectivity index (χ0) is 27.0. The maximum absolute atomic E-state index is 10.6. The first-order chi connectivity index (χ1) is 17.7. The summed E-state index contributed by atoms with van der Waals surface area (Å²) in [6.45, 7) is 0.800. The molecule has 2 atom stereocenters. The van der Waals surface area contributed by atoms with Crippen LogP contribution in [0.4, 0.5) is 18.9 Å². The number of anilines is 1. The molecular formula is C25H25ClF3N3O3S2. The molecule has 0 saturated heterocycles. The number of nitrogens with one attached hydrogen (secondary N) is 2. The topological polar surface area (TPSA) is 94.5 Å². The van der Waals surface area contributed by atoms with E-state index in [2.05, 4.69) is 57.1 Å². The molecule has 0 spiro atoms. The molecule has 0 unspecified atom stereocenters. The van der Waals surface area contributed by atoms with Gasteiger partial charge in [-0.05, 0) is 31.3 Å². The summed E-state index contributed by atoms with van der Waals surface area (Å²) >= 11 is 9.90. The van der Waals surface area contributed by atoms with Crippen molar-refractivity contribution >= 4 is 56.1 Å². The standard InChI is InChI=1S/C23H24ClN3OS2.C2HF3O2/c1-25-18-10-3-2-8-16(18)22-17(9-4-5-11-28)21-23(30-22)19(13-20(24)27-21)26-14-15-7-6-12-29-15;3-2(4,5)1(6)7/h2-3,6-7,12-13,16,18,25,28H,5,8,10-11,14H2,1H3,(H,26,27);(H,6,7)/t16-,18-;/m0./s1. The molecule has 3 aromatic rings. The van der Waals surface area contributed by atoms with Gasteiger partial charge in [0.1, 0.15) is 10.7 Å². The highest BCUT2D eigenvalue weighted by Gasteiger charge is 2.38. The number of fused-ring (bicyclic) bond motifs is 1. The van der Waals surface area contributed by atoms with Crippen molar-refractivity contribution in [3.05, 3.63) is 56.2 Å². The van der Waals surface area contributed by atoms with E-state index in [9.17, 15) is 18.3 Å². The number of aliphatic hydroxyl groups is 1. The molecule has 0 fully saturated rings. The van der Waals surface area contributed by atoms with Crippen LogP contribution in [0.5, 0.6) is 0 Å². The number of thiophene rings is 2. The number of aliphatic hydroxyl groups excluding tert-OH is 1. The first-order valence-electron chi connectivity index (χ1n) is 11.3. The fraction of sp³-hybridized carbons (Fsp3) is 0.360. The van der Waals surface area contributed by atoms with Crippen molar-refractivity contribution in [1.82, 2.24) is 10.3 Å². The lowest BCUT2D eigenvalue weighted by Gasteiger charge is -2.27. The number of pyridine rings is 1. The van der Waals surface area contributed by atoms with Crippen molar-refractivity contribution in [2.24, 2.45) is 0 Å². The molecule has 4 N–H and O–H groups in total. The normalized spacial score (nSPS) is 17.0. The van der Waals surface area contributed by atoms with Crippen LogP contribution in [0.25, 0.3) is 10.2 Å². The molecule has 198 valence electrons. The third-order valence-electron chi connectivity index (χ3n) is 5.50. The van der Waals surface area contributed by atoms with Crippen LogP contribution in [0.1, 0.15) is 40.5 Å². The van der Waals surface area contributed by atoms with E-state index in [1.54, 1.807) is 22.7 Å². The number of likely N-dealkylation sites (N-methyl/N-ethyl adjacent to an activating group) is 1. The Hall–Kier alpha value is -2.62. The van der Waals surface area contributed by atoms with E-state index in [4.69, 9.17) is 21.5 Å². The Bertz CT molecular complexity index is 1300. The van der Waals surface area contributed by atoms with E-state index in [1.807, 2.05) is 13.1 Å². The number of carboxylic acid groups (broad SMARTS) is 1. The van der Waals surface area contributed by atoms with Gasteiger partial charge in [0.05, 0.1) is 22.6 Å². The smallest absolute Gasteiger partial charge is 0.475 e. The van der Waals surface area contributed by atoms with Gasteiger partial charge < -0.3 is 20.8 Å². The van der Waals surface area contributed by atoms with Crippen LogP contribution in [0.3, 0.4) is 0 Å². The van der Waals surface area contributed by atoms with Gasteiger partial charge >= 0.3 is 12.1 Å². The van der Waals surface area contributed by atoms with Crippen molar-refractivity contribution in [1.29, 1.82) is 0 Å². The largest absolute Gasteiger partial charge is 0.490 e. The summed E-state index contributed by atoms with van der Waals surface area (Å²) in [5.74, 6) is 3.98. The fourth-order valence-corrected chi connectivity index (χ4v) is 6.00. The van der Waals surface area contributed by atoms with Gasteiger partial charge in [-0.25, -0.2) is 9.78 Å². The number of carboxylic acids is 1. The highest BCUT2D eigenvalue weighted by atomic mass is 35.5. The van der Waals surface area contributed by atoms with Crippen LogP contribution < -0.4 is 10.6 Å². The Kier molecular flexibility index (Phi) is 10.4. The molecule has 3 heterocycles. The van der Waals surface area contributed by atoms with Gasteiger partial charge in [-0.3, -0.25) is 0 Å². The second-order valence-corrected chi connectivity index (χ2v) is 10.4. The molecular weight excluding hydrogens is 547 g/mol. The second-order valence-electron chi connectivity index (χ2n) is 7.97.